The van der Waals surface area contributed by atoms with Gasteiger partial charge in [-0.2, -0.15) is 0 Å². The molecule has 6 heteroatoms. The molecule has 0 saturated carbocycles. The van der Waals surface area contributed by atoms with Gasteiger partial charge in [0.2, 0.25) is 0 Å². The molecule has 1 heterocycles. The van der Waals surface area contributed by atoms with Crippen LogP contribution in [0.15, 0.2) is 29.6 Å². The zero-order valence-corrected chi connectivity index (χ0v) is 13.1. The summed E-state index contributed by atoms with van der Waals surface area (Å²) in [6, 6.07) is 7.49. The monoisotopic (exact) mass is 308 g/mol. The van der Waals surface area contributed by atoms with E-state index in [1.165, 1.54) is 0 Å². The standard InChI is InChI=1S/C15H20N2O3S/c1-17(7-8-18)9-12-11-21-15(16-12)10-20-14-5-3-13(19-2)4-6-14/h3-6,11,18H,7-10H2,1-2H3. The predicted octanol–water partition coefficient (Wildman–Crippen LogP) is 2.15. The Labute approximate surface area is 128 Å². The number of aliphatic hydroxyl groups is 1. The fraction of sp³-hybridized carbons (Fsp3) is 0.400. The molecule has 0 spiro atoms. The molecule has 0 radical (unpaired) electrons. The van der Waals surface area contributed by atoms with Crippen molar-refractivity contribution < 1.29 is 14.6 Å². The van der Waals surface area contributed by atoms with Gasteiger partial charge in [-0.15, -0.1) is 11.3 Å². The number of thiazole rings is 1. The summed E-state index contributed by atoms with van der Waals surface area (Å²) >= 11 is 1.59. The lowest BCUT2D eigenvalue weighted by atomic mass is 10.3. The van der Waals surface area contributed by atoms with Crippen LogP contribution in [0.4, 0.5) is 0 Å². The molecule has 1 N–H and O–H groups in total. The molecule has 0 aliphatic carbocycles. The highest BCUT2D eigenvalue weighted by Gasteiger charge is 2.06. The Balaban J connectivity index is 1.84. The summed E-state index contributed by atoms with van der Waals surface area (Å²) in [5, 5.41) is 11.9. The number of ether oxygens (including phenoxy) is 2. The molecule has 0 fully saturated rings. The van der Waals surface area contributed by atoms with Crippen molar-refractivity contribution in [1.82, 2.24) is 9.88 Å². The molecule has 0 aliphatic heterocycles. The van der Waals surface area contributed by atoms with Crippen LogP contribution >= 0.6 is 11.3 Å². The molecular weight excluding hydrogens is 288 g/mol. The van der Waals surface area contributed by atoms with Gasteiger partial charge in [0, 0.05) is 18.5 Å². The molecule has 5 nitrogen and oxygen atoms in total. The van der Waals surface area contributed by atoms with Crippen LogP contribution in [0.1, 0.15) is 10.7 Å². The largest absolute Gasteiger partial charge is 0.497 e. The molecule has 1 aromatic heterocycles. The van der Waals surface area contributed by atoms with Crippen LogP contribution in [0, 0.1) is 0 Å². The van der Waals surface area contributed by atoms with Crippen molar-refractivity contribution in [2.45, 2.75) is 13.2 Å². The van der Waals surface area contributed by atoms with E-state index in [1.54, 1.807) is 18.4 Å². The number of likely N-dealkylation sites (N-methyl/N-ethyl adjacent to an activating group) is 1. The van der Waals surface area contributed by atoms with E-state index in [9.17, 15) is 0 Å². The first-order valence-corrected chi connectivity index (χ1v) is 7.58. The number of benzene rings is 1. The minimum atomic E-state index is 0.161. The van der Waals surface area contributed by atoms with Gasteiger partial charge in [0.1, 0.15) is 23.1 Å². The van der Waals surface area contributed by atoms with Crippen molar-refractivity contribution in [2.75, 3.05) is 27.3 Å². The zero-order valence-electron chi connectivity index (χ0n) is 12.3. The third-order valence-electron chi connectivity index (χ3n) is 2.93. The van der Waals surface area contributed by atoms with E-state index in [2.05, 4.69) is 4.98 Å². The molecule has 0 unspecified atom stereocenters. The van der Waals surface area contributed by atoms with Gasteiger partial charge in [0.15, 0.2) is 0 Å². The number of hydrogen-bond acceptors (Lipinski definition) is 6. The average molecular weight is 308 g/mol. The Kier molecular flexibility index (Phi) is 5.98. The first-order valence-electron chi connectivity index (χ1n) is 6.71. The maximum Gasteiger partial charge on any atom is 0.140 e. The van der Waals surface area contributed by atoms with Crippen molar-refractivity contribution in [2.24, 2.45) is 0 Å². The molecular formula is C15H20N2O3S. The number of nitrogens with zero attached hydrogens (tertiary/aromatic N) is 2. The second-order valence-corrected chi connectivity index (χ2v) is 5.60. The van der Waals surface area contributed by atoms with Gasteiger partial charge in [-0.25, -0.2) is 4.98 Å². The molecule has 0 bridgehead atoms. The van der Waals surface area contributed by atoms with Crippen molar-refractivity contribution in [1.29, 1.82) is 0 Å². The summed E-state index contributed by atoms with van der Waals surface area (Å²) in [5.41, 5.74) is 1.00. The fourth-order valence-corrected chi connectivity index (χ4v) is 2.53. The summed E-state index contributed by atoms with van der Waals surface area (Å²) in [6.45, 7) is 2.00. The van der Waals surface area contributed by atoms with Crippen LogP contribution in [0.25, 0.3) is 0 Å². The molecule has 0 aliphatic rings. The predicted molar refractivity (Wildman–Crippen MR) is 82.9 cm³/mol. The summed E-state index contributed by atoms with van der Waals surface area (Å²) in [5.74, 6) is 1.61. The topological polar surface area (TPSA) is 54.8 Å². The SMILES string of the molecule is COc1ccc(OCc2nc(CN(C)CCO)cs2)cc1. The Hall–Kier alpha value is -1.63. The van der Waals surface area contributed by atoms with Crippen LogP contribution in [-0.4, -0.2) is 42.3 Å². The maximum absolute atomic E-state index is 8.88. The highest BCUT2D eigenvalue weighted by molar-refractivity contribution is 7.09. The van der Waals surface area contributed by atoms with E-state index in [4.69, 9.17) is 14.6 Å². The normalized spacial score (nSPS) is 10.9. The number of aromatic nitrogens is 1. The lowest BCUT2D eigenvalue weighted by molar-refractivity contribution is 0.216. The summed E-state index contributed by atoms with van der Waals surface area (Å²) in [4.78, 5) is 6.56. The van der Waals surface area contributed by atoms with Crippen LogP contribution in [0.5, 0.6) is 11.5 Å². The van der Waals surface area contributed by atoms with Crippen LogP contribution < -0.4 is 9.47 Å². The van der Waals surface area contributed by atoms with E-state index in [-0.39, 0.29) is 6.61 Å². The van der Waals surface area contributed by atoms with Crippen LogP contribution in [-0.2, 0) is 13.2 Å². The summed E-state index contributed by atoms with van der Waals surface area (Å²) < 4.78 is 10.8. The summed E-state index contributed by atoms with van der Waals surface area (Å²) in [7, 11) is 3.60. The highest BCUT2D eigenvalue weighted by atomic mass is 32.1. The third-order valence-corrected chi connectivity index (χ3v) is 3.81. The van der Waals surface area contributed by atoms with Crippen molar-refractivity contribution in [3.63, 3.8) is 0 Å². The first-order chi connectivity index (χ1) is 10.2. The molecule has 114 valence electrons. The molecule has 2 aromatic rings. The quantitative estimate of drug-likeness (QED) is 0.810. The van der Waals surface area contributed by atoms with Gasteiger partial charge in [0.05, 0.1) is 19.4 Å². The maximum atomic E-state index is 8.88. The number of hydrogen-bond donors (Lipinski definition) is 1. The zero-order chi connectivity index (χ0) is 15.1. The van der Waals surface area contributed by atoms with E-state index in [0.29, 0.717) is 13.2 Å². The fourth-order valence-electron chi connectivity index (χ4n) is 1.83. The van der Waals surface area contributed by atoms with Crippen LogP contribution in [0.3, 0.4) is 0 Å². The second kappa shape index (κ2) is 7.97. The first kappa shape index (κ1) is 15.8. The van der Waals surface area contributed by atoms with E-state index < -0.39 is 0 Å². The van der Waals surface area contributed by atoms with E-state index >= 15 is 0 Å². The second-order valence-electron chi connectivity index (χ2n) is 4.66. The van der Waals surface area contributed by atoms with Gasteiger partial charge >= 0.3 is 0 Å². The smallest absolute Gasteiger partial charge is 0.140 e. The molecule has 1 aromatic carbocycles. The Bertz CT molecular complexity index is 542. The van der Waals surface area contributed by atoms with Gasteiger partial charge in [-0.3, -0.25) is 4.90 Å². The molecule has 0 atom stereocenters. The number of rotatable bonds is 8. The lowest BCUT2D eigenvalue weighted by Gasteiger charge is -2.12. The average Bonchev–Trinajstić information content (AvgIpc) is 2.93. The Morgan fingerprint density at radius 2 is 1.95 bits per heavy atom. The van der Waals surface area contributed by atoms with Gasteiger partial charge < -0.3 is 14.6 Å². The summed E-state index contributed by atoms with van der Waals surface area (Å²) in [6.07, 6.45) is 0. The molecule has 2 rings (SSSR count). The molecule has 0 amide bonds. The Morgan fingerprint density at radius 3 is 2.62 bits per heavy atom. The lowest BCUT2D eigenvalue weighted by Crippen LogP contribution is -2.21. The third kappa shape index (κ3) is 5.00. The number of aliphatic hydroxyl groups excluding tert-OH is 1. The van der Waals surface area contributed by atoms with E-state index in [0.717, 1.165) is 28.7 Å². The molecule has 0 saturated heterocycles. The minimum Gasteiger partial charge on any atom is -0.497 e. The van der Waals surface area contributed by atoms with E-state index in [1.807, 2.05) is 41.6 Å². The van der Waals surface area contributed by atoms with Gasteiger partial charge in [-0.1, -0.05) is 0 Å². The minimum absolute atomic E-state index is 0.161. The van der Waals surface area contributed by atoms with Crippen molar-refractivity contribution in [3.05, 3.63) is 40.3 Å². The van der Waals surface area contributed by atoms with Crippen molar-refractivity contribution >= 4 is 11.3 Å². The molecule has 21 heavy (non-hydrogen) atoms. The Morgan fingerprint density at radius 1 is 1.24 bits per heavy atom. The van der Waals surface area contributed by atoms with Crippen LogP contribution in [0.2, 0.25) is 0 Å². The highest BCUT2D eigenvalue weighted by Crippen LogP contribution is 2.19. The van der Waals surface area contributed by atoms with Crippen molar-refractivity contribution in [3.8, 4) is 11.5 Å². The number of methoxy groups -OCH3 is 1. The van der Waals surface area contributed by atoms with Gasteiger partial charge in [-0.05, 0) is 31.3 Å². The van der Waals surface area contributed by atoms with Gasteiger partial charge in [0.25, 0.3) is 0 Å².